The molecule has 0 saturated heterocycles. The maximum atomic E-state index is 12.1. The van der Waals surface area contributed by atoms with Gasteiger partial charge in [0.1, 0.15) is 11.4 Å². The molecule has 0 radical (unpaired) electrons. The lowest BCUT2D eigenvalue weighted by atomic mass is 9.98. The van der Waals surface area contributed by atoms with Crippen LogP contribution in [0.15, 0.2) is 4.52 Å². The van der Waals surface area contributed by atoms with Crippen molar-refractivity contribution in [3.8, 4) is 0 Å². The molecule has 0 amide bonds. The van der Waals surface area contributed by atoms with Gasteiger partial charge in [0.15, 0.2) is 0 Å². The van der Waals surface area contributed by atoms with Gasteiger partial charge in [-0.05, 0) is 26.2 Å². The zero-order valence-corrected chi connectivity index (χ0v) is 11.9. The molecule has 0 bridgehead atoms. The Bertz CT molecular complexity index is 438. The zero-order chi connectivity index (χ0) is 13.9. The van der Waals surface area contributed by atoms with Crippen molar-refractivity contribution in [3.05, 3.63) is 11.7 Å². The average molecular weight is 266 g/mol. The highest BCUT2D eigenvalue weighted by Crippen LogP contribution is 2.31. The second kappa shape index (κ2) is 5.82. The number of nitrogens with zero attached hydrogens (tertiary/aromatic N) is 2. The molecule has 5 nitrogen and oxygen atoms in total. The van der Waals surface area contributed by atoms with E-state index < -0.39 is 5.60 Å². The third kappa shape index (κ3) is 2.86. The molecule has 106 valence electrons. The SMILES string of the molecule is CCC(C)(OC)c1noc(C2CCCCCC2=O)n1. The maximum absolute atomic E-state index is 12.1. The van der Waals surface area contributed by atoms with Crippen LogP contribution in [0.5, 0.6) is 0 Å². The Morgan fingerprint density at radius 1 is 1.42 bits per heavy atom. The Hall–Kier alpha value is -1.23. The fraction of sp³-hybridized carbons (Fsp3) is 0.786. The Balaban J connectivity index is 2.22. The highest BCUT2D eigenvalue weighted by molar-refractivity contribution is 5.84. The van der Waals surface area contributed by atoms with Crippen LogP contribution in [0.25, 0.3) is 0 Å². The minimum absolute atomic E-state index is 0.221. The van der Waals surface area contributed by atoms with Crippen LogP contribution in [0.1, 0.15) is 70.0 Å². The number of Topliss-reactive ketones (excluding diaryl/α,β-unsaturated/α-hetero) is 1. The lowest BCUT2D eigenvalue weighted by molar-refractivity contribution is -0.120. The van der Waals surface area contributed by atoms with Crippen molar-refractivity contribution in [1.29, 1.82) is 0 Å². The maximum Gasteiger partial charge on any atom is 0.237 e. The molecule has 0 spiro atoms. The predicted octanol–water partition coefficient (Wildman–Crippen LogP) is 2.96. The van der Waals surface area contributed by atoms with Gasteiger partial charge in [-0.25, -0.2) is 0 Å². The van der Waals surface area contributed by atoms with E-state index in [0.29, 0.717) is 18.1 Å². The molecule has 2 rings (SSSR count). The summed E-state index contributed by atoms with van der Waals surface area (Å²) in [5.41, 5.74) is -0.546. The first-order chi connectivity index (χ1) is 9.10. The number of hydrogen-bond acceptors (Lipinski definition) is 5. The number of carbonyl (C=O) groups is 1. The minimum atomic E-state index is -0.546. The zero-order valence-electron chi connectivity index (χ0n) is 11.9. The normalized spacial score (nSPS) is 23.9. The Morgan fingerprint density at radius 3 is 2.89 bits per heavy atom. The smallest absolute Gasteiger partial charge is 0.237 e. The molecular weight excluding hydrogens is 244 g/mol. The van der Waals surface area contributed by atoms with Gasteiger partial charge >= 0.3 is 0 Å². The fourth-order valence-corrected chi connectivity index (χ4v) is 2.41. The van der Waals surface area contributed by atoms with Crippen LogP contribution in [0.3, 0.4) is 0 Å². The minimum Gasteiger partial charge on any atom is -0.370 e. The van der Waals surface area contributed by atoms with E-state index in [2.05, 4.69) is 10.1 Å². The van der Waals surface area contributed by atoms with Gasteiger partial charge in [-0.3, -0.25) is 4.79 Å². The van der Waals surface area contributed by atoms with Crippen LogP contribution >= 0.6 is 0 Å². The molecule has 1 saturated carbocycles. The number of carbonyl (C=O) groups excluding carboxylic acids is 1. The molecule has 0 aromatic carbocycles. The monoisotopic (exact) mass is 266 g/mol. The molecule has 1 aliphatic carbocycles. The molecule has 0 N–H and O–H groups in total. The van der Waals surface area contributed by atoms with E-state index in [-0.39, 0.29) is 11.7 Å². The first kappa shape index (κ1) is 14.2. The van der Waals surface area contributed by atoms with Crippen LogP contribution in [0.4, 0.5) is 0 Å². The fourth-order valence-electron chi connectivity index (χ4n) is 2.41. The Morgan fingerprint density at radius 2 is 2.21 bits per heavy atom. The second-order valence-electron chi connectivity index (χ2n) is 5.36. The van der Waals surface area contributed by atoms with E-state index in [1.807, 2.05) is 13.8 Å². The number of ether oxygens (including phenoxy) is 1. The molecule has 1 aromatic rings. The first-order valence-corrected chi connectivity index (χ1v) is 7.02. The number of ketones is 1. The van der Waals surface area contributed by atoms with Crippen molar-refractivity contribution >= 4 is 5.78 Å². The van der Waals surface area contributed by atoms with Crippen molar-refractivity contribution in [2.45, 2.75) is 63.9 Å². The molecule has 2 atom stereocenters. The van der Waals surface area contributed by atoms with Gasteiger partial charge in [-0.15, -0.1) is 0 Å². The van der Waals surface area contributed by atoms with E-state index in [0.717, 1.165) is 32.1 Å². The predicted molar refractivity (Wildman–Crippen MR) is 69.8 cm³/mol. The number of aromatic nitrogens is 2. The molecule has 1 fully saturated rings. The quantitative estimate of drug-likeness (QED) is 0.784. The molecule has 2 unspecified atom stereocenters. The molecule has 5 heteroatoms. The third-order valence-corrected chi connectivity index (χ3v) is 4.14. The van der Waals surface area contributed by atoms with E-state index in [9.17, 15) is 4.79 Å². The van der Waals surface area contributed by atoms with Crippen LogP contribution in [0, 0.1) is 0 Å². The summed E-state index contributed by atoms with van der Waals surface area (Å²) in [5, 5.41) is 4.01. The molecule has 0 aliphatic heterocycles. The number of rotatable bonds is 4. The summed E-state index contributed by atoms with van der Waals surface area (Å²) >= 11 is 0. The van der Waals surface area contributed by atoms with Crippen molar-refractivity contribution < 1.29 is 14.1 Å². The summed E-state index contributed by atoms with van der Waals surface area (Å²) in [6, 6.07) is 0. The van der Waals surface area contributed by atoms with E-state index in [4.69, 9.17) is 9.26 Å². The topological polar surface area (TPSA) is 65.2 Å². The van der Waals surface area contributed by atoms with Gasteiger partial charge in [0, 0.05) is 13.5 Å². The molecule has 19 heavy (non-hydrogen) atoms. The van der Waals surface area contributed by atoms with Crippen LogP contribution in [-0.2, 0) is 15.1 Å². The van der Waals surface area contributed by atoms with Gasteiger partial charge in [0.05, 0.1) is 5.92 Å². The Kier molecular flexibility index (Phi) is 4.34. The third-order valence-electron chi connectivity index (χ3n) is 4.14. The summed E-state index contributed by atoms with van der Waals surface area (Å²) in [5.74, 6) is 0.994. The second-order valence-corrected chi connectivity index (χ2v) is 5.36. The summed E-state index contributed by atoms with van der Waals surface area (Å²) in [6.45, 7) is 3.94. The molecule has 1 aromatic heterocycles. The summed E-state index contributed by atoms with van der Waals surface area (Å²) in [6.07, 6.45) is 5.31. The number of methoxy groups -OCH3 is 1. The summed E-state index contributed by atoms with van der Waals surface area (Å²) in [7, 11) is 1.64. The van der Waals surface area contributed by atoms with Crippen LogP contribution in [-0.4, -0.2) is 23.0 Å². The highest BCUT2D eigenvalue weighted by Gasteiger charge is 2.33. The van der Waals surface area contributed by atoms with Gasteiger partial charge in [-0.1, -0.05) is 24.9 Å². The lowest BCUT2D eigenvalue weighted by Gasteiger charge is -2.21. The van der Waals surface area contributed by atoms with Crippen molar-refractivity contribution in [2.75, 3.05) is 7.11 Å². The lowest BCUT2D eigenvalue weighted by Crippen LogP contribution is -2.25. The van der Waals surface area contributed by atoms with Gasteiger partial charge in [0.25, 0.3) is 0 Å². The van der Waals surface area contributed by atoms with Crippen molar-refractivity contribution in [2.24, 2.45) is 0 Å². The van der Waals surface area contributed by atoms with E-state index >= 15 is 0 Å². The van der Waals surface area contributed by atoms with Crippen LogP contribution in [0.2, 0.25) is 0 Å². The van der Waals surface area contributed by atoms with Gasteiger partial charge in [-0.2, -0.15) is 4.98 Å². The Labute approximate surface area is 113 Å². The van der Waals surface area contributed by atoms with Gasteiger partial charge < -0.3 is 9.26 Å². The van der Waals surface area contributed by atoms with E-state index in [1.165, 1.54) is 0 Å². The first-order valence-electron chi connectivity index (χ1n) is 7.02. The summed E-state index contributed by atoms with van der Waals surface area (Å²) in [4.78, 5) is 16.5. The molecule has 1 heterocycles. The molecule has 1 aliphatic rings. The highest BCUT2D eigenvalue weighted by atomic mass is 16.5. The average Bonchev–Trinajstić information content (AvgIpc) is 2.82. The largest absolute Gasteiger partial charge is 0.370 e. The molecular formula is C14H22N2O3. The van der Waals surface area contributed by atoms with Crippen molar-refractivity contribution in [3.63, 3.8) is 0 Å². The standard InChI is InChI=1S/C14H22N2O3/c1-4-14(2,18-3)13-15-12(19-16-13)10-8-6-5-7-9-11(10)17/h10H,4-9H2,1-3H3. The number of hydrogen-bond donors (Lipinski definition) is 0. The van der Waals surface area contributed by atoms with Gasteiger partial charge in [0.2, 0.25) is 11.7 Å². The van der Waals surface area contributed by atoms with Crippen molar-refractivity contribution in [1.82, 2.24) is 10.1 Å². The van der Waals surface area contributed by atoms with E-state index in [1.54, 1.807) is 7.11 Å². The summed E-state index contributed by atoms with van der Waals surface area (Å²) < 4.78 is 10.8. The van der Waals surface area contributed by atoms with Crippen LogP contribution < -0.4 is 0 Å².